The summed E-state index contributed by atoms with van der Waals surface area (Å²) in [6.45, 7) is 7.93. The topological polar surface area (TPSA) is 53.7 Å². The van der Waals surface area contributed by atoms with Gasteiger partial charge in [0.15, 0.2) is 11.5 Å². The third-order valence-corrected chi connectivity index (χ3v) is 2.70. The van der Waals surface area contributed by atoms with Gasteiger partial charge in [0.1, 0.15) is 0 Å². The fraction of sp³-hybridized carbons (Fsp3) is 0.571. The van der Waals surface area contributed by atoms with E-state index >= 15 is 0 Å². The van der Waals surface area contributed by atoms with Crippen molar-refractivity contribution in [2.75, 3.05) is 20.9 Å². The molecule has 0 amide bonds. The molecule has 4 nitrogen and oxygen atoms in total. The van der Waals surface area contributed by atoms with Crippen molar-refractivity contribution in [3.8, 4) is 17.2 Å². The highest BCUT2D eigenvalue weighted by molar-refractivity contribution is 7.31. The molecule has 1 rings (SSSR count). The number of ether oxygens (including phenoxy) is 2. The summed E-state index contributed by atoms with van der Waals surface area (Å²) < 4.78 is 16.2. The second-order valence-electron chi connectivity index (χ2n) is 3.82. The lowest BCUT2D eigenvalue weighted by Crippen LogP contribution is -2.17. The minimum absolute atomic E-state index is 0.102. The van der Waals surface area contributed by atoms with E-state index in [2.05, 4.69) is 0 Å². The summed E-state index contributed by atoms with van der Waals surface area (Å²) in [4.78, 5) is 0. The first-order chi connectivity index (χ1) is 9.12. The van der Waals surface area contributed by atoms with E-state index < -0.39 is 0 Å². The molecule has 0 aliphatic rings. The van der Waals surface area contributed by atoms with E-state index in [9.17, 15) is 0 Å². The van der Waals surface area contributed by atoms with Crippen molar-refractivity contribution in [1.82, 2.24) is 0 Å². The van der Waals surface area contributed by atoms with Crippen LogP contribution in [-0.2, 0) is 6.42 Å². The quantitative estimate of drug-likeness (QED) is 0.816. The van der Waals surface area contributed by atoms with E-state index in [1.807, 2.05) is 39.6 Å². The predicted octanol–water partition coefficient (Wildman–Crippen LogP) is 3.22. The summed E-state index contributed by atoms with van der Waals surface area (Å²) in [5.41, 5.74) is 6.89. The summed E-state index contributed by atoms with van der Waals surface area (Å²) in [5, 5.41) is 0. The normalized spacial score (nSPS) is 11.7. The van der Waals surface area contributed by atoms with Crippen LogP contribution < -0.4 is 19.7 Å². The first-order valence-corrected chi connectivity index (χ1v) is 7.87. The highest BCUT2D eigenvalue weighted by Crippen LogP contribution is 2.40. The summed E-state index contributed by atoms with van der Waals surface area (Å²) in [6.07, 6.45) is 0.781. The fourth-order valence-electron chi connectivity index (χ4n) is 1.66. The van der Waals surface area contributed by atoms with E-state index in [4.69, 9.17) is 19.7 Å². The van der Waals surface area contributed by atoms with Crippen LogP contribution >= 0.6 is 8.81 Å². The number of methoxy groups -OCH3 is 2. The third-order valence-electron chi connectivity index (χ3n) is 2.27. The molecule has 110 valence electrons. The first kappa shape index (κ1) is 18.0. The van der Waals surface area contributed by atoms with Crippen LogP contribution in [0.2, 0.25) is 0 Å². The third kappa shape index (κ3) is 5.66. The van der Waals surface area contributed by atoms with Gasteiger partial charge in [0.25, 0.3) is 0 Å². The summed E-state index contributed by atoms with van der Waals surface area (Å²) in [7, 11) is 3.58. The smallest absolute Gasteiger partial charge is 0.203 e. The van der Waals surface area contributed by atoms with Crippen molar-refractivity contribution in [3.05, 3.63) is 17.7 Å². The molecule has 0 spiro atoms. The molecule has 0 saturated heterocycles. The van der Waals surface area contributed by atoms with Crippen LogP contribution in [0.4, 0.5) is 0 Å². The van der Waals surface area contributed by atoms with Gasteiger partial charge >= 0.3 is 0 Å². The molecule has 1 aromatic rings. The molecule has 0 heterocycles. The first-order valence-electron chi connectivity index (χ1n) is 6.46. The molecule has 0 aromatic heterocycles. The summed E-state index contributed by atoms with van der Waals surface area (Å²) in [6, 6.07) is 4.00. The molecule has 0 aliphatic heterocycles. The van der Waals surface area contributed by atoms with Crippen molar-refractivity contribution in [3.63, 3.8) is 0 Å². The Labute approximate surface area is 118 Å². The van der Waals surface area contributed by atoms with E-state index in [1.54, 1.807) is 14.2 Å². The van der Waals surface area contributed by atoms with Gasteiger partial charge in [0, 0.05) is 6.04 Å². The van der Waals surface area contributed by atoms with E-state index in [1.165, 1.54) is 0 Å². The van der Waals surface area contributed by atoms with Crippen LogP contribution in [0.3, 0.4) is 0 Å². The van der Waals surface area contributed by atoms with Gasteiger partial charge in [0.2, 0.25) is 5.75 Å². The second kappa shape index (κ2) is 9.88. The monoisotopic (exact) mass is 287 g/mol. The van der Waals surface area contributed by atoms with E-state index in [-0.39, 0.29) is 6.04 Å². The van der Waals surface area contributed by atoms with Crippen LogP contribution in [0.25, 0.3) is 0 Å². The zero-order valence-electron chi connectivity index (χ0n) is 12.7. The number of rotatable bonds is 6. The van der Waals surface area contributed by atoms with Gasteiger partial charge in [-0.05, 0) is 37.7 Å². The lowest BCUT2D eigenvalue weighted by molar-refractivity contribution is 0.345. The van der Waals surface area contributed by atoms with Gasteiger partial charge in [-0.25, -0.2) is 0 Å². The van der Waals surface area contributed by atoms with E-state index in [0.717, 1.165) is 12.0 Å². The minimum atomic E-state index is 0.102. The Balaban J connectivity index is 0.00000154. The molecule has 2 atom stereocenters. The molecule has 0 saturated carbocycles. The van der Waals surface area contributed by atoms with Gasteiger partial charge in [-0.2, -0.15) is 0 Å². The number of hydrogen-bond donors (Lipinski definition) is 1. The molecule has 2 N–H and O–H groups in total. The minimum Gasteiger partial charge on any atom is -0.493 e. The number of hydrogen-bond acceptors (Lipinski definition) is 4. The Hall–Kier alpha value is -0.990. The molecule has 2 unspecified atom stereocenters. The fourth-order valence-corrected chi connectivity index (χ4v) is 2.03. The highest BCUT2D eigenvalue weighted by atomic mass is 31.1. The van der Waals surface area contributed by atoms with Crippen LogP contribution in [0.1, 0.15) is 26.3 Å². The average molecular weight is 287 g/mol. The van der Waals surface area contributed by atoms with Gasteiger partial charge in [-0.3, -0.25) is 0 Å². The molecule has 19 heavy (non-hydrogen) atoms. The Morgan fingerprint density at radius 2 is 1.74 bits per heavy atom. The van der Waals surface area contributed by atoms with Crippen LogP contribution in [-0.4, -0.2) is 26.9 Å². The summed E-state index contributed by atoms with van der Waals surface area (Å²) >= 11 is 0. The molecular weight excluding hydrogens is 261 g/mol. The van der Waals surface area contributed by atoms with Gasteiger partial charge in [0.05, 0.1) is 23.0 Å². The maximum absolute atomic E-state index is 5.80. The SMILES string of the molecule is CC.COc1cc(CC(C)N)cc(OPC)c1OC. The zero-order chi connectivity index (χ0) is 14.8. The standard InChI is InChI=1S/C12H20NO3P.C2H6/c1-8(13)5-9-6-10(14-2)12(15-3)11(7-9)16-17-4;1-2/h6-8,17H,5,13H2,1-4H3;1-2H3. The van der Waals surface area contributed by atoms with Gasteiger partial charge in [-0.15, -0.1) is 0 Å². The molecule has 5 heteroatoms. The van der Waals surface area contributed by atoms with E-state index in [0.29, 0.717) is 26.1 Å². The Morgan fingerprint density at radius 3 is 2.16 bits per heavy atom. The Kier molecular flexibility index (Phi) is 9.36. The zero-order valence-corrected chi connectivity index (χ0v) is 13.7. The van der Waals surface area contributed by atoms with Crippen molar-refractivity contribution in [2.45, 2.75) is 33.2 Å². The lowest BCUT2D eigenvalue weighted by Gasteiger charge is -2.15. The average Bonchev–Trinajstić information content (AvgIpc) is 2.40. The Bertz CT molecular complexity index is 370. The molecule has 0 aliphatic carbocycles. The highest BCUT2D eigenvalue weighted by Gasteiger charge is 2.14. The molecule has 1 aromatic carbocycles. The molecule has 0 bridgehead atoms. The van der Waals surface area contributed by atoms with Gasteiger partial charge in [-0.1, -0.05) is 13.8 Å². The van der Waals surface area contributed by atoms with Crippen LogP contribution in [0.15, 0.2) is 12.1 Å². The Morgan fingerprint density at radius 1 is 1.16 bits per heavy atom. The van der Waals surface area contributed by atoms with Crippen LogP contribution in [0.5, 0.6) is 17.2 Å². The summed E-state index contributed by atoms with van der Waals surface area (Å²) in [5.74, 6) is 2.03. The van der Waals surface area contributed by atoms with Crippen LogP contribution in [0, 0.1) is 0 Å². The number of benzene rings is 1. The van der Waals surface area contributed by atoms with Crippen molar-refractivity contribution < 1.29 is 14.0 Å². The lowest BCUT2D eigenvalue weighted by atomic mass is 10.1. The van der Waals surface area contributed by atoms with Crippen molar-refractivity contribution in [2.24, 2.45) is 5.73 Å². The molecule has 0 radical (unpaired) electrons. The van der Waals surface area contributed by atoms with Crippen molar-refractivity contribution in [1.29, 1.82) is 0 Å². The molecule has 0 fully saturated rings. The van der Waals surface area contributed by atoms with Crippen molar-refractivity contribution >= 4 is 8.81 Å². The number of nitrogens with two attached hydrogens (primary N) is 1. The second-order valence-corrected chi connectivity index (χ2v) is 4.43. The predicted molar refractivity (Wildman–Crippen MR) is 83.1 cm³/mol. The maximum Gasteiger partial charge on any atom is 0.203 e. The molecular formula is C14H26NO3P. The largest absolute Gasteiger partial charge is 0.493 e. The van der Waals surface area contributed by atoms with Gasteiger partial charge < -0.3 is 19.7 Å². The maximum atomic E-state index is 5.80.